The van der Waals surface area contributed by atoms with Gasteiger partial charge in [0.15, 0.2) is 0 Å². The van der Waals surface area contributed by atoms with Crippen molar-refractivity contribution >= 4 is 5.91 Å². The molecule has 0 atom stereocenters. The molecule has 0 spiro atoms. The van der Waals surface area contributed by atoms with Gasteiger partial charge in [-0.1, -0.05) is 0 Å². The minimum Gasteiger partial charge on any atom is -0.339 e. The molecule has 4 nitrogen and oxygen atoms in total. The van der Waals surface area contributed by atoms with E-state index in [9.17, 15) is 4.79 Å². The highest BCUT2D eigenvalue weighted by molar-refractivity contribution is 5.95. The Hall–Kier alpha value is -1.42. The van der Waals surface area contributed by atoms with E-state index in [2.05, 4.69) is 24.0 Å². The predicted molar refractivity (Wildman–Crippen MR) is 76.3 cm³/mol. The summed E-state index contributed by atoms with van der Waals surface area (Å²) in [6.45, 7) is 5.62. The number of nitrogens with zero attached hydrogens (tertiary/aromatic N) is 3. The van der Waals surface area contributed by atoms with Crippen LogP contribution in [-0.4, -0.2) is 53.9 Å². The van der Waals surface area contributed by atoms with Gasteiger partial charge in [-0.15, -0.1) is 0 Å². The molecule has 2 rings (SSSR count). The second-order valence-corrected chi connectivity index (χ2v) is 5.56. The monoisotopic (exact) mass is 261 g/mol. The number of aryl methyl sites for hydroxylation is 1. The third-order valence-electron chi connectivity index (χ3n) is 4.17. The Bertz CT molecular complexity index is 462. The maximum atomic E-state index is 12.5. The average Bonchev–Trinajstić information content (AvgIpc) is 2.41. The van der Waals surface area contributed by atoms with Crippen molar-refractivity contribution in [3.05, 3.63) is 29.1 Å². The summed E-state index contributed by atoms with van der Waals surface area (Å²) in [7, 11) is 4.22. The second-order valence-electron chi connectivity index (χ2n) is 5.56. The molecule has 1 aromatic heterocycles. The van der Waals surface area contributed by atoms with Gasteiger partial charge in [-0.05, 0) is 52.4 Å². The van der Waals surface area contributed by atoms with E-state index in [0.29, 0.717) is 6.04 Å². The zero-order valence-corrected chi connectivity index (χ0v) is 12.3. The van der Waals surface area contributed by atoms with Gasteiger partial charge in [0.25, 0.3) is 5.91 Å². The number of rotatable bonds is 2. The summed E-state index contributed by atoms with van der Waals surface area (Å²) in [4.78, 5) is 21.0. The zero-order chi connectivity index (χ0) is 14.0. The van der Waals surface area contributed by atoms with Crippen LogP contribution < -0.4 is 0 Å². The Morgan fingerprint density at radius 2 is 1.95 bits per heavy atom. The fourth-order valence-corrected chi connectivity index (χ4v) is 2.63. The summed E-state index contributed by atoms with van der Waals surface area (Å²) in [5, 5.41) is 0. The van der Waals surface area contributed by atoms with Gasteiger partial charge in [-0.25, -0.2) is 0 Å². The zero-order valence-electron chi connectivity index (χ0n) is 12.3. The molecule has 0 aliphatic carbocycles. The Morgan fingerprint density at radius 1 is 1.32 bits per heavy atom. The number of carbonyl (C=O) groups is 1. The van der Waals surface area contributed by atoms with E-state index in [0.717, 1.165) is 42.8 Å². The maximum Gasteiger partial charge on any atom is 0.254 e. The summed E-state index contributed by atoms with van der Waals surface area (Å²) in [6, 6.07) is 2.44. The number of piperidine rings is 1. The Labute approximate surface area is 115 Å². The fraction of sp³-hybridized carbons (Fsp3) is 0.600. The van der Waals surface area contributed by atoms with Crippen LogP contribution in [0.3, 0.4) is 0 Å². The van der Waals surface area contributed by atoms with E-state index in [1.54, 1.807) is 6.20 Å². The van der Waals surface area contributed by atoms with Crippen molar-refractivity contribution in [3.8, 4) is 0 Å². The van der Waals surface area contributed by atoms with Gasteiger partial charge >= 0.3 is 0 Å². The highest BCUT2D eigenvalue weighted by Crippen LogP contribution is 2.19. The minimum atomic E-state index is 0.153. The third kappa shape index (κ3) is 2.95. The van der Waals surface area contributed by atoms with Crippen LogP contribution in [0, 0.1) is 13.8 Å². The van der Waals surface area contributed by atoms with Gasteiger partial charge < -0.3 is 9.80 Å². The lowest BCUT2D eigenvalue weighted by atomic mass is 10.0. The largest absolute Gasteiger partial charge is 0.339 e. The molecule has 1 amide bonds. The van der Waals surface area contributed by atoms with Crippen LogP contribution in [0.2, 0.25) is 0 Å². The van der Waals surface area contributed by atoms with Crippen LogP contribution in [0.25, 0.3) is 0 Å². The Morgan fingerprint density at radius 3 is 2.53 bits per heavy atom. The van der Waals surface area contributed by atoms with Crippen molar-refractivity contribution in [2.24, 2.45) is 0 Å². The molecule has 0 N–H and O–H groups in total. The molecule has 0 saturated carbocycles. The molecule has 104 valence electrons. The molecule has 1 fully saturated rings. The fourth-order valence-electron chi connectivity index (χ4n) is 2.63. The topological polar surface area (TPSA) is 36.4 Å². The van der Waals surface area contributed by atoms with E-state index >= 15 is 0 Å². The highest BCUT2D eigenvalue weighted by Gasteiger charge is 2.25. The second kappa shape index (κ2) is 5.70. The third-order valence-corrected chi connectivity index (χ3v) is 4.17. The summed E-state index contributed by atoms with van der Waals surface area (Å²) in [5.74, 6) is 0.153. The van der Waals surface area contributed by atoms with Gasteiger partial charge in [0.1, 0.15) is 0 Å². The minimum absolute atomic E-state index is 0.153. The van der Waals surface area contributed by atoms with Crippen molar-refractivity contribution in [1.29, 1.82) is 0 Å². The molecule has 0 unspecified atom stereocenters. The molecule has 19 heavy (non-hydrogen) atoms. The lowest BCUT2D eigenvalue weighted by Gasteiger charge is -2.35. The summed E-state index contributed by atoms with van der Waals surface area (Å²) >= 11 is 0. The van der Waals surface area contributed by atoms with E-state index in [4.69, 9.17) is 0 Å². The summed E-state index contributed by atoms with van der Waals surface area (Å²) < 4.78 is 0. The standard InChI is InChI=1S/C15H23N3O/c1-11-12(2)16-8-5-14(11)15(19)18-9-6-13(7-10-18)17(3)4/h5,8,13H,6-7,9-10H2,1-4H3. The molecule has 0 bridgehead atoms. The highest BCUT2D eigenvalue weighted by atomic mass is 16.2. The van der Waals surface area contributed by atoms with Crippen LogP contribution in [0.5, 0.6) is 0 Å². The molecule has 2 heterocycles. The van der Waals surface area contributed by atoms with Crippen molar-refractivity contribution in [2.45, 2.75) is 32.7 Å². The predicted octanol–water partition coefficient (Wildman–Crippen LogP) is 1.86. The number of pyridine rings is 1. The van der Waals surface area contributed by atoms with Crippen LogP contribution in [-0.2, 0) is 0 Å². The molecule has 1 saturated heterocycles. The number of hydrogen-bond acceptors (Lipinski definition) is 3. The van der Waals surface area contributed by atoms with Crippen LogP contribution in [0.4, 0.5) is 0 Å². The molecular formula is C15H23N3O. The van der Waals surface area contributed by atoms with Crippen LogP contribution in [0.1, 0.15) is 34.5 Å². The lowest BCUT2D eigenvalue weighted by Crippen LogP contribution is -2.44. The first-order chi connectivity index (χ1) is 9.00. The number of carbonyl (C=O) groups excluding carboxylic acids is 1. The van der Waals surface area contributed by atoms with E-state index in [1.165, 1.54) is 0 Å². The molecule has 0 radical (unpaired) electrons. The van der Waals surface area contributed by atoms with Crippen LogP contribution in [0.15, 0.2) is 12.3 Å². The first-order valence-corrected chi connectivity index (χ1v) is 6.88. The first kappa shape index (κ1) is 14.0. The van der Waals surface area contributed by atoms with Gasteiger partial charge in [0.05, 0.1) is 0 Å². The van der Waals surface area contributed by atoms with Crippen molar-refractivity contribution in [3.63, 3.8) is 0 Å². The van der Waals surface area contributed by atoms with E-state index in [-0.39, 0.29) is 5.91 Å². The molecule has 1 aliphatic rings. The quantitative estimate of drug-likeness (QED) is 0.815. The maximum absolute atomic E-state index is 12.5. The lowest BCUT2D eigenvalue weighted by molar-refractivity contribution is 0.0662. The van der Waals surface area contributed by atoms with Crippen LogP contribution >= 0.6 is 0 Å². The number of amides is 1. The molecule has 4 heteroatoms. The van der Waals surface area contributed by atoms with Gasteiger partial charge in [0, 0.05) is 36.6 Å². The van der Waals surface area contributed by atoms with E-state index in [1.807, 2.05) is 24.8 Å². The van der Waals surface area contributed by atoms with Gasteiger partial charge in [0.2, 0.25) is 0 Å². The average molecular weight is 261 g/mol. The number of likely N-dealkylation sites (tertiary alicyclic amines) is 1. The number of aromatic nitrogens is 1. The normalized spacial score (nSPS) is 17.0. The van der Waals surface area contributed by atoms with E-state index < -0.39 is 0 Å². The van der Waals surface area contributed by atoms with Gasteiger partial charge in [-0.2, -0.15) is 0 Å². The summed E-state index contributed by atoms with van der Waals surface area (Å²) in [6.07, 6.45) is 3.84. The summed E-state index contributed by atoms with van der Waals surface area (Å²) in [5.41, 5.74) is 2.74. The molecule has 1 aliphatic heterocycles. The molecular weight excluding hydrogens is 238 g/mol. The van der Waals surface area contributed by atoms with Crippen molar-refractivity contribution in [1.82, 2.24) is 14.8 Å². The Balaban J connectivity index is 2.07. The first-order valence-electron chi connectivity index (χ1n) is 6.88. The van der Waals surface area contributed by atoms with Gasteiger partial charge in [-0.3, -0.25) is 9.78 Å². The smallest absolute Gasteiger partial charge is 0.254 e. The Kier molecular flexibility index (Phi) is 4.20. The number of hydrogen-bond donors (Lipinski definition) is 0. The van der Waals surface area contributed by atoms with Crippen molar-refractivity contribution < 1.29 is 4.79 Å². The molecule has 1 aromatic rings. The van der Waals surface area contributed by atoms with Crippen molar-refractivity contribution in [2.75, 3.05) is 27.2 Å². The molecule has 0 aromatic carbocycles. The SMILES string of the molecule is Cc1nccc(C(=O)N2CCC(N(C)C)CC2)c1C.